The first kappa shape index (κ1) is 13.9. The van der Waals surface area contributed by atoms with Crippen LogP contribution in [0.1, 0.15) is 23.8 Å². The van der Waals surface area contributed by atoms with Crippen LogP contribution in [0.3, 0.4) is 0 Å². The molecular formula is C16H18N6O. The number of fused-ring (bicyclic) bond motifs is 1. The van der Waals surface area contributed by atoms with Crippen LogP contribution in [0.4, 0.5) is 5.82 Å². The van der Waals surface area contributed by atoms with Gasteiger partial charge < -0.3 is 14.4 Å². The fourth-order valence-corrected chi connectivity index (χ4v) is 3.00. The van der Waals surface area contributed by atoms with Crippen molar-refractivity contribution in [3.05, 3.63) is 41.9 Å². The van der Waals surface area contributed by atoms with Gasteiger partial charge in [0.25, 0.3) is 5.89 Å². The van der Waals surface area contributed by atoms with Crippen molar-refractivity contribution in [3.63, 3.8) is 0 Å². The maximum absolute atomic E-state index is 5.28. The van der Waals surface area contributed by atoms with E-state index in [1.807, 2.05) is 19.1 Å². The Morgan fingerprint density at radius 1 is 1.30 bits per heavy atom. The lowest BCUT2D eigenvalue weighted by atomic mass is 10.1. The normalized spacial score (nSPS) is 17.0. The van der Waals surface area contributed by atoms with E-state index in [1.54, 1.807) is 13.1 Å². The number of imidazole rings is 1. The van der Waals surface area contributed by atoms with Crippen LogP contribution in [0.5, 0.6) is 0 Å². The first-order chi connectivity index (χ1) is 11.2. The first-order valence-corrected chi connectivity index (χ1v) is 7.74. The van der Waals surface area contributed by atoms with Crippen LogP contribution in [-0.4, -0.2) is 30.7 Å². The Hall–Kier alpha value is -2.70. The molecule has 7 heteroatoms. The van der Waals surface area contributed by atoms with Crippen LogP contribution in [0.25, 0.3) is 11.5 Å². The van der Waals surface area contributed by atoms with Gasteiger partial charge in [-0.05, 0) is 32.4 Å². The minimum absolute atomic E-state index is 0.300. The summed E-state index contributed by atoms with van der Waals surface area (Å²) in [5.74, 6) is 3.05. The number of nitrogens with one attached hydrogen (secondary N) is 1. The highest BCUT2D eigenvalue weighted by atomic mass is 16.5. The molecule has 1 N–H and O–H groups in total. The Morgan fingerprint density at radius 2 is 2.22 bits per heavy atom. The minimum Gasteiger partial charge on any atom is -0.365 e. The molecule has 0 spiro atoms. The van der Waals surface area contributed by atoms with E-state index in [-0.39, 0.29) is 0 Å². The summed E-state index contributed by atoms with van der Waals surface area (Å²) in [5, 5.41) is 7.38. The van der Waals surface area contributed by atoms with Gasteiger partial charge in [-0.25, -0.2) is 9.97 Å². The van der Waals surface area contributed by atoms with Gasteiger partial charge in [0.1, 0.15) is 11.6 Å². The number of aryl methyl sites for hydroxylation is 3. The molecule has 1 unspecified atom stereocenters. The van der Waals surface area contributed by atoms with E-state index in [4.69, 9.17) is 4.52 Å². The zero-order valence-corrected chi connectivity index (χ0v) is 13.2. The van der Waals surface area contributed by atoms with Gasteiger partial charge in [-0.2, -0.15) is 4.98 Å². The first-order valence-electron chi connectivity index (χ1n) is 7.74. The summed E-state index contributed by atoms with van der Waals surface area (Å²) in [4.78, 5) is 13.3. The van der Waals surface area contributed by atoms with Crippen LogP contribution in [-0.2, 0) is 13.0 Å². The average Bonchev–Trinajstić information content (AvgIpc) is 3.12. The van der Waals surface area contributed by atoms with Gasteiger partial charge in [-0.3, -0.25) is 0 Å². The van der Waals surface area contributed by atoms with E-state index in [2.05, 4.69) is 36.2 Å². The molecule has 0 aliphatic carbocycles. The predicted molar refractivity (Wildman–Crippen MR) is 85.0 cm³/mol. The molecule has 0 aromatic carbocycles. The van der Waals surface area contributed by atoms with Crippen LogP contribution in [0.15, 0.2) is 29.0 Å². The average molecular weight is 310 g/mol. The molecule has 118 valence electrons. The zero-order valence-electron chi connectivity index (χ0n) is 13.2. The number of nitrogens with zero attached hydrogens (tertiary/aromatic N) is 5. The van der Waals surface area contributed by atoms with Gasteiger partial charge in [0.15, 0.2) is 5.82 Å². The van der Waals surface area contributed by atoms with E-state index in [0.29, 0.717) is 17.8 Å². The van der Waals surface area contributed by atoms with Gasteiger partial charge >= 0.3 is 0 Å². The molecule has 0 amide bonds. The molecule has 3 aromatic rings. The topological polar surface area (TPSA) is 81.7 Å². The fourth-order valence-electron chi connectivity index (χ4n) is 3.00. The molecule has 0 saturated carbocycles. The van der Waals surface area contributed by atoms with Gasteiger partial charge in [0.2, 0.25) is 0 Å². The Balaban J connectivity index is 1.58. The molecule has 1 atom stereocenters. The Kier molecular flexibility index (Phi) is 3.33. The molecule has 0 radical (unpaired) electrons. The maximum Gasteiger partial charge on any atom is 0.261 e. The Bertz CT molecular complexity index is 837. The predicted octanol–water partition coefficient (Wildman–Crippen LogP) is 2.37. The number of anilines is 1. The molecule has 4 heterocycles. The number of hydrogen-bond acceptors (Lipinski definition) is 6. The van der Waals surface area contributed by atoms with Crippen LogP contribution in [0.2, 0.25) is 0 Å². The quantitative estimate of drug-likeness (QED) is 0.800. The fraction of sp³-hybridized carbons (Fsp3) is 0.375. The third-order valence-corrected chi connectivity index (χ3v) is 4.02. The second-order valence-corrected chi connectivity index (χ2v) is 5.88. The summed E-state index contributed by atoms with van der Waals surface area (Å²) in [6.07, 6.45) is 5.86. The third-order valence-electron chi connectivity index (χ3n) is 4.02. The van der Waals surface area contributed by atoms with E-state index in [9.17, 15) is 0 Å². The minimum atomic E-state index is 0.300. The molecule has 4 rings (SSSR count). The molecule has 1 aliphatic heterocycles. The highest BCUT2D eigenvalue weighted by Crippen LogP contribution is 2.26. The molecule has 0 fully saturated rings. The third kappa shape index (κ3) is 2.69. The van der Waals surface area contributed by atoms with Crippen molar-refractivity contribution in [2.75, 3.05) is 5.32 Å². The van der Waals surface area contributed by atoms with Gasteiger partial charge in [0.05, 0.1) is 11.3 Å². The van der Waals surface area contributed by atoms with E-state index >= 15 is 0 Å². The summed E-state index contributed by atoms with van der Waals surface area (Å²) in [5.41, 5.74) is 1.90. The van der Waals surface area contributed by atoms with Crippen LogP contribution < -0.4 is 5.32 Å². The summed E-state index contributed by atoms with van der Waals surface area (Å²) >= 11 is 0. The summed E-state index contributed by atoms with van der Waals surface area (Å²) in [7, 11) is 0. The largest absolute Gasteiger partial charge is 0.365 e. The second kappa shape index (κ2) is 5.49. The van der Waals surface area contributed by atoms with E-state index in [1.165, 1.54) is 0 Å². The van der Waals surface area contributed by atoms with Gasteiger partial charge in [0, 0.05) is 31.4 Å². The lowest BCUT2D eigenvalue weighted by Crippen LogP contribution is -2.31. The van der Waals surface area contributed by atoms with E-state index < -0.39 is 0 Å². The molecule has 3 aromatic heterocycles. The monoisotopic (exact) mass is 310 g/mol. The smallest absolute Gasteiger partial charge is 0.261 e. The standard InChI is InChI=1S/C16H18N6O/c1-10-8-22-9-12(5-6-14(22)18-10)20-15-13(4-3-7-17-15)16-19-11(2)21-23-16/h3-4,7-8,12H,5-6,9H2,1-2H3,(H,17,20). The zero-order chi connectivity index (χ0) is 15.8. The second-order valence-electron chi connectivity index (χ2n) is 5.88. The SMILES string of the molecule is Cc1cn2c(n1)CCC(Nc1ncccc1-c1nc(C)no1)C2. The van der Waals surface area contributed by atoms with Crippen molar-refractivity contribution in [2.24, 2.45) is 0 Å². The van der Waals surface area contributed by atoms with Gasteiger partial charge in [-0.1, -0.05) is 5.16 Å². The van der Waals surface area contributed by atoms with Crippen molar-refractivity contribution in [1.29, 1.82) is 0 Å². The van der Waals surface area contributed by atoms with Crippen LogP contribution in [0, 0.1) is 13.8 Å². The van der Waals surface area contributed by atoms with Crippen LogP contribution >= 0.6 is 0 Å². The molecule has 0 bridgehead atoms. The molecule has 23 heavy (non-hydrogen) atoms. The molecule has 1 aliphatic rings. The highest BCUT2D eigenvalue weighted by molar-refractivity contribution is 5.68. The van der Waals surface area contributed by atoms with E-state index in [0.717, 1.165) is 42.3 Å². The summed E-state index contributed by atoms with van der Waals surface area (Å²) < 4.78 is 7.50. The number of aromatic nitrogens is 5. The molecule has 7 nitrogen and oxygen atoms in total. The van der Waals surface area contributed by atoms with Crippen molar-refractivity contribution < 1.29 is 4.52 Å². The lowest BCUT2D eigenvalue weighted by Gasteiger charge is -2.25. The van der Waals surface area contributed by atoms with Crippen molar-refractivity contribution >= 4 is 5.82 Å². The lowest BCUT2D eigenvalue weighted by molar-refractivity contribution is 0.425. The molecule has 0 saturated heterocycles. The molecular weight excluding hydrogens is 292 g/mol. The summed E-state index contributed by atoms with van der Waals surface area (Å²) in [6, 6.07) is 4.12. The number of rotatable bonds is 3. The van der Waals surface area contributed by atoms with Gasteiger partial charge in [-0.15, -0.1) is 0 Å². The van der Waals surface area contributed by atoms with Crippen molar-refractivity contribution in [1.82, 2.24) is 24.7 Å². The van der Waals surface area contributed by atoms with Crippen molar-refractivity contribution in [3.8, 4) is 11.5 Å². The number of pyridine rings is 1. The number of hydrogen-bond donors (Lipinski definition) is 1. The van der Waals surface area contributed by atoms with Crippen molar-refractivity contribution in [2.45, 2.75) is 39.3 Å². The maximum atomic E-state index is 5.28. The Labute approximate surface area is 133 Å². The Morgan fingerprint density at radius 3 is 3.04 bits per heavy atom. The summed E-state index contributed by atoms with van der Waals surface area (Å²) in [6.45, 7) is 4.72. The highest BCUT2D eigenvalue weighted by Gasteiger charge is 2.22.